The average Bonchev–Trinajstić information content (AvgIpc) is 2.84. The van der Waals surface area contributed by atoms with Crippen LogP contribution in [-0.2, 0) is 9.59 Å². The van der Waals surface area contributed by atoms with Gasteiger partial charge in [0, 0.05) is 5.69 Å². The Morgan fingerprint density at radius 3 is 2.26 bits per heavy atom. The fourth-order valence-electron chi connectivity index (χ4n) is 2.98. The summed E-state index contributed by atoms with van der Waals surface area (Å²) in [5, 5.41) is 6.57. The average molecular weight is 460 g/mol. The van der Waals surface area contributed by atoms with Crippen molar-refractivity contribution in [3.63, 3.8) is 0 Å². The van der Waals surface area contributed by atoms with Crippen LogP contribution in [0.15, 0.2) is 71.8 Å². The quantitative estimate of drug-likeness (QED) is 0.190. The molecule has 3 aromatic carbocycles. The molecule has 0 aliphatic carbocycles. The van der Waals surface area contributed by atoms with Crippen LogP contribution in [0.25, 0.3) is 0 Å². The van der Waals surface area contributed by atoms with Crippen molar-refractivity contribution in [2.45, 2.75) is 20.8 Å². The number of esters is 1. The van der Waals surface area contributed by atoms with E-state index in [1.165, 1.54) is 7.11 Å². The van der Waals surface area contributed by atoms with E-state index in [1.807, 2.05) is 26.0 Å². The Kier molecular flexibility index (Phi) is 7.76. The van der Waals surface area contributed by atoms with Crippen LogP contribution in [0.1, 0.15) is 34.0 Å². The zero-order chi connectivity index (χ0) is 24.7. The molecule has 3 aromatic rings. The van der Waals surface area contributed by atoms with E-state index >= 15 is 0 Å². The second-order valence-corrected chi connectivity index (χ2v) is 7.56. The number of hydrogen-bond donors (Lipinski definition) is 2. The fourth-order valence-corrected chi connectivity index (χ4v) is 2.98. The summed E-state index contributed by atoms with van der Waals surface area (Å²) in [4.78, 5) is 36.6. The Morgan fingerprint density at radius 2 is 1.56 bits per heavy atom. The zero-order valence-corrected chi connectivity index (χ0v) is 19.3. The van der Waals surface area contributed by atoms with Gasteiger partial charge in [-0.05, 0) is 86.0 Å². The first-order valence-corrected chi connectivity index (χ1v) is 10.5. The number of carbonyl (C=O) groups excluding carboxylic acids is 3. The van der Waals surface area contributed by atoms with Crippen LogP contribution in [0.3, 0.4) is 0 Å². The van der Waals surface area contributed by atoms with Crippen molar-refractivity contribution in [3.05, 3.63) is 89.0 Å². The summed E-state index contributed by atoms with van der Waals surface area (Å²) in [6.07, 6.45) is 0. The van der Waals surface area contributed by atoms with Gasteiger partial charge in [-0.25, -0.2) is 10.2 Å². The highest BCUT2D eigenvalue weighted by Crippen LogP contribution is 2.18. The first-order valence-electron chi connectivity index (χ1n) is 10.5. The molecule has 8 nitrogen and oxygen atoms in total. The van der Waals surface area contributed by atoms with Crippen LogP contribution < -0.4 is 20.2 Å². The van der Waals surface area contributed by atoms with Crippen LogP contribution in [0.4, 0.5) is 5.69 Å². The molecule has 0 bridgehead atoms. The second-order valence-electron chi connectivity index (χ2n) is 7.56. The van der Waals surface area contributed by atoms with Crippen molar-refractivity contribution in [1.29, 1.82) is 0 Å². The van der Waals surface area contributed by atoms with E-state index in [1.54, 1.807) is 61.5 Å². The predicted molar refractivity (Wildman–Crippen MR) is 129 cm³/mol. The van der Waals surface area contributed by atoms with E-state index in [-0.39, 0.29) is 0 Å². The lowest BCUT2D eigenvalue weighted by molar-refractivity contribution is -0.136. The van der Waals surface area contributed by atoms with E-state index in [2.05, 4.69) is 15.8 Å². The summed E-state index contributed by atoms with van der Waals surface area (Å²) in [6.45, 7) is 5.42. The van der Waals surface area contributed by atoms with Gasteiger partial charge in [-0.1, -0.05) is 18.2 Å². The van der Waals surface area contributed by atoms with Gasteiger partial charge >= 0.3 is 17.8 Å². The SMILES string of the molecule is COc1cccc(C(=O)Oc2ccc(/C(C)=N/NC(=O)C(=O)Nc3cc(C)ccc3C)cc2)c1. The highest BCUT2D eigenvalue weighted by Gasteiger charge is 2.15. The van der Waals surface area contributed by atoms with Crippen molar-refractivity contribution in [3.8, 4) is 11.5 Å². The number of methoxy groups -OCH3 is 1. The number of carbonyl (C=O) groups is 3. The van der Waals surface area contributed by atoms with Crippen molar-refractivity contribution in [1.82, 2.24) is 5.43 Å². The van der Waals surface area contributed by atoms with Crippen molar-refractivity contribution in [2.24, 2.45) is 5.10 Å². The van der Waals surface area contributed by atoms with E-state index in [9.17, 15) is 14.4 Å². The molecular formula is C26H25N3O5. The van der Waals surface area contributed by atoms with E-state index in [4.69, 9.17) is 9.47 Å². The summed E-state index contributed by atoms with van der Waals surface area (Å²) >= 11 is 0. The van der Waals surface area contributed by atoms with Gasteiger partial charge in [0.2, 0.25) is 0 Å². The highest BCUT2D eigenvalue weighted by molar-refractivity contribution is 6.39. The third-order valence-electron chi connectivity index (χ3n) is 4.96. The molecule has 0 heterocycles. The highest BCUT2D eigenvalue weighted by atomic mass is 16.5. The minimum atomic E-state index is -0.885. The Balaban J connectivity index is 1.58. The van der Waals surface area contributed by atoms with Gasteiger partial charge in [0.15, 0.2) is 0 Å². The topological polar surface area (TPSA) is 106 Å². The summed E-state index contributed by atoms with van der Waals surface area (Å²) < 4.78 is 10.5. The molecule has 8 heteroatoms. The van der Waals surface area contributed by atoms with Crippen LogP contribution in [0, 0.1) is 13.8 Å². The minimum Gasteiger partial charge on any atom is -0.497 e. The van der Waals surface area contributed by atoms with Gasteiger partial charge in [-0.2, -0.15) is 5.10 Å². The molecule has 0 saturated heterocycles. The first-order chi connectivity index (χ1) is 16.3. The molecule has 0 spiro atoms. The van der Waals surface area contributed by atoms with Crippen LogP contribution in [-0.4, -0.2) is 30.6 Å². The van der Waals surface area contributed by atoms with Crippen molar-refractivity contribution < 1.29 is 23.9 Å². The first kappa shape index (κ1) is 24.2. The Labute approximate surface area is 197 Å². The summed E-state index contributed by atoms with van der Waals surface area (Å²) in [5.41, 5.74) is 6.15. The van der Waals surface area contributed by atoms with Gasteiger partial charge < -0.3 is 14.8 Å². The molecule has 0 radical (unpaired) electrons. The number of benzene rings is 3. The van der Waals surface area contributed by atoms with Gasteiger partial charge in [0.25, 0.3) is 0 Å². The molecule has 0 aliphatic heterocycles. The summed E-state index contributed by atoms with van der Waals surface area (Å²) in [7, 11) is 1.52. The monoisotopic (exact) mass is 459 g/mol. The lowest BCUT2D eigenvalue weighted by atomic mass is 10.1. The predicted octanol–water partition coefficient (Wildman–Crippen LogP) is 4.01. The van der Waals surface area contributed by atoms with Gasteiger partial charge in [0.05, 0.1) is 18.4 Å². The normalized spacial score (nSPS) is 10.9. The Hall–Kier alpha value is -4.46. The molecule has 2 N–H and O–H groups in total. The zero-order valence-electron chi connectivity index (χ0n) is 19.3. The minimum absolute atomic E-state index is 0.348. The van der Waals surface area contributed by atoms with Crippen LogP contribution in [0.5, 0.6) is 11.5 Å². The van der Waals surface area contributed by atoms with E-state index in [0.717, 1.165) is 11.1 Å². The summed E-state index contributed by atoms with van der Waals surface area (Å²) in [5.74, 6) is -1.31. The number of ether oxygens (including phenoxy) is 2. The van der Waals surface area contributed by atoms with Crippen molar-refractivity contribution in [2.75, 3.05) is 12.4 Å². The second kappa shape index (κ2) is 10.9. The smallest absolute Gasteiger partial charge is 0.343 e. The van der Waals surface area contributed by atoms with Gasteiger partial charge in [0.1, 0.15) is 11.5 Å². The summed E-state index contributed by atoms with van der Waals surface area (Å²) in [6, 6.07) is 18.8. The maximum Gasteiger partial charge on any atom is 0.343 e. The molecule has 0 atom stereocenters. The molecule has 2 amide bonds. The number of anilines is 1. The van der Waals surface area contributed by atoms with Gasteiger partial charge in [-0.15, -0.1) is 0 Å². The molecular weight excluding hydrogens is 434 g/mol. The molecule has 34 heavy (non-hydrogen) atoms. The third kappa shape index (κ3) is 6.29. The standard InChI is InChI=1S/C26H25N3O5/c1-16-8-9-17(2)23(14-16)27-24(30)25(31)29-28-18(3)19-10-12-21(13-11-19)34-26(32)20-6-5-7-22(15-20)33-4/h5-15H,1-4H3,(H,27,30)(H,29,31)/b28-18+. The number of aryl methyl sites for hydroxylation is 2. The fraction of sp³-hybridized carbons (Fsp3) is 0.154. The number of nitrogens with one attached hydrogen (secondary N) is 2. The number of rotatable bonds is 6. The lowest BCUT2D eigenvalue weighted by Crippen LogP contribution is -2.33. The van der Waals surface area contributed by atoms with Crippen molar-refractivity contribution >= 4 is 29.2 Å². The van der Waals surface area contributed by atoms with Crippen LogP contribution in [0.2, 0.25) is 0 Å². The van der Waals surface area contributed by atoms with E-state index in [0.29, 0.717) is 34.0 Å². The Bertz CT molecular complexity index is 1250. The molecule has 0 fully saturated rings. The maximum atomic E-state index is 12.3. The number of hydrazone groups is 1. The number of amides is 2. The third-order valence-corrected chi connectivity index (χ3v) is 4.96. The molecule has 0 aromatic heterocycles. The molecule has 3 rings (SSSR count). The Morgan fingerprint density at radius 1 is 0.824 bits per heavy atom. The van der Waals surface area contributed by atoms with Crippen LogP contribution >= 0.6 is 0 Å². The number of nitrogens with zero attached hydrogens (tertiary/aromatic N) is 1. The molecule has 0 aliphatic rings. The molecule has 0 saturated carbocycles. The largest absolute Gasteiger partial charge is 0.497 e. The lowest BCUT2D eigenvalue weighted by Gasteiger charge is -2.09. The number of hydrogen-bond acceptors (Lipinski definition) is 6. The maximum absolute atomic E-state index is 12.3. The molecule has 0 unspecified atom stereocenters. The molecule has 174 valence electrons. The van der Waals surface area contributed by atoms with Gasteiger partial charge in [-0.3, -0.25) is 9.59 Å². The van der Waals surface area contributed by atoms with E-state index < -0.39 is 17.8 Å².